The van der Waals surface area contributed by atoms with E-state index in [-0.39, 0.29) is 6.61 Å². The summed E-state index contributed by atoms with van der Waals surface area (Å²) in [4.78, 5) is 4.42. The number of imidazole rings is 1. The molecular formula is C17H18N2O2. The molecule has 3 aromatic rings. The van der Waals surface area contributed by atoms with E-state index in [4.69, 9.17) is 4.74 Å². The van der Waals surface area contributed by atoms with E-state index in [1.807, 2.05) is 60.0 Å². The van der Waals surface area contributed by atoms with Gasteiger partial charge in [0.25, 0.3) is 0 Å². The Hall–Kier alpha value is -2.33. The molecule has 1 heterocycles. The second-order valence-electron chi connectivity index (χ2n) is 4.86. The number of nitrogens with zero attached hydrogens (tertiary/aromatic N) is 2. The van der Waals surface area contributed by atoms with Crippen LogP contribution in [0.25, 0.3) is 11.0 Å². The van der Waals surface area contributed by atoms with Crippen molar-refractivity contribution in [2.75, 3.05) is 0 Å². The molecule has 0 saturated carbocycles. The molecule has 0 spiro atoms. The van der Waals surface area contributed by atoms with Crippen LogP contribution in [0.3, 0.4) is 0 Å². The number of hydrogen-bond donors (Lipinski definition) is 1. The zero-order chi connectivity index (χ0) is 14.7. The van der Waals surface area contributed by atoms with Crippen molar-refractivity contribution in [1.82, 2.24) is 9.55 Å². The molecule has 0 unspecified atom stereocenters. The van der Waals surface area contributed by atoms with Crippen molar-refractivity contribution in [2.24, 2.45) is 0 Å². The Labute approximate surface area is 123 Å². The summed E-state index contributed by atoms with van der Waals surface area (Å²) in [6, 6.07) is 15.9. The Morgan fingerprint density at radius 1 is 1.14 bits per heavy atom. The van der Waals surface area contributed by atoms with E-state index < -0.39 is 0 Å². The van der Waals surface area contributed by atoms with Crippen LogP contribution >= 0.6 is 0 Å². The molecule has 0 aliphatic carbocycles. The summed E-state index contributed by atoms with van der Waals surface area (Å²) in [5, 5.41) is 9.36. The van der Waals surface area contributed by atoms with Gasteiger partial charge in [-0.2, -0.15) is 0 Å². The Morgan fingerprint density at radius 2 is 1.95 bits per heavy atom. The molecule has 2 aromatic carbocycles. The predicted molar refractivity (Wildman–Crippen MR) is 82.1 cm³/mol. The molecule has 0 saturated heterocycles. The number of hydrogen-bond acceptors (Lipinski definition) is 3. The van der Waals surface area contributed by atoms with Crippen LogP contribution < -0.4 is 4.74 Å². The highest BCUT2D eigenvalue weighted by atomic mass is 16.5. The van der Waals surface area contributed by atoms with Gasteiger partial charge in [0.1, 0.15) is 24.8 Å². The monoisotopic (exact) mass is 282 g/mol. The lowest BCUT2D eigenvalue weighted by molar-refractivity contribution is 0.266. The minimum absolute atomic E-state index is 0.0529. The van der Waals surface area contributed by atoms with Crippen LogP contribution in [-0.2, 0) is 19.8 Å². The van der Waals surface area contributed by atoms with Crippen LogP contribution in [-0.4, -0.2) is 14.7 Å². The minimum atomic E-state index is -0.0529. The lowest BCUT2D eigenvalue weighted by Gasteiger charge is -2.08. The lowest BCUT2D eigenvalue weighted by Crippen LogP contribution is -2.01. The fourth-order valence-electron chi connectivity index (χ4n) is 2.46. The molecule has 0 aliphatic heterocycles. The van der Waals surface area contributed by atoms with Crippen LogP contribution in [0.5, 0.6) is 5.75 Å². The van der Waals surface area contributed by atoms with Gasteiger partial charge in [-0.3, -0.25) is 0 Å². The molecule has 0 bridgehead atoms. The van der Waals surface area contributed by atoms with E-state index in [1.54, 1.807) is 0 Å². The van der Waals surface area contributed by atoms with Gasteiger partial charge in [-0.1, -0.05) is 30.3 Å². The van der Waals surface area contributed by atoms with Gasteiger partial charge in [0.05, 0.1) is 11.0 Å². The summed E-state index contributed by atoms with van der Waals surface area (Å²) >= 11 is 0. The average molecular weight is 282 g/mol. The van der Waals surface area contributed by atoms with Gasteiger partial charge >= 0.3 is 0 Å². The number of benzene rings is 2. The second-order valence-corrected chi connectivity index (χ2v) is 4.86. The van der Waals surface area contributed by atoms with Gasteiger partial charge in [0, 0.05) is 12.6 Å². The number of aliphatic hydroxyl groups excluding tert-OH is 1. The van der Waals surface area contributed by atoms with E-state index in [0.717, 1.165) is 28.9 Å². The number of aromatic nitrogens is 2. The summed E-state index contributed by atoms with van der Waals surface area (Å²) in [6.45, 7) is 3.30. The highest BCUT2D eigenvalue weighted by Gasteiger charge is 2.09. The third kappa shape index (κ3) is 2.76. The van der Waals surface area contributed by atoms with Crippen LogP contribution in [0.4, 0.5) is 0 Å². The average Bonchev–Trinajstić information content (AvgIpc) is 2.90. The van der Waals surface area contributed by atoms with E-state index >= 15 is 0 Å². The molecule has 4 heteroatoms. The van der Waals surface area contributed by atoms with Gasteiger partial charge in [0.15, 0.2) is 0 Å². The normalized spacial score (nSPS) is 11.0. The van der Waals surface area contributed by atoms with Crippen molar-refractivity contribution in [3.63, 3.8) is 0 Å². The molecule has 3 rings (SSSR count). The first-order valence-electron chi connectivity index (χ1n) is 7.08. The summed E-state index contributed by atoms with van der Waals surface area (Å²) in [7, 11) is 0. The van der Waals surface area contributed by atoms with Gasteiger partial charge in [-0.05, 0) is 24.6 Å². The van der Waals surface area contributed by atoms with Crippen LogP contribution in [0, 0.1) is 0 Å². The van der Waals surface area contributed by atoms with Gasteiger partial charge in [-0.15, -0.1) is 0 Å². The molecular weight excluding hydrogens is 264 g/mol. The Bertz CT molecular complexity index is 735. The smallest absolute Gasteiger partial charge is 0.135 e. The van der Waals surface area contributed by atoms with Crippen molar-refractivity contribution in [2.45, 2.75) is 26.7 Å². The standard InChI is InChI=1S/C17H18N2O2/c1-2-19-16-10-14(8-9-15(16)18-17(19)11-20)21-12-13-6-4-3-5-7-13/h3-10,20H,2,11-12H2,1H3. The number of fused-ring (bicyclic) bond motifs is 1. The summed E-state index contributed by atoms with van der Waals surface area (Å²) in [5.41, 5.74) is 3.01. The van der Waals surface area contributed by atoms with Crippen LogP contribution in [0.2, 0.25) is 0 Å². The SMILES string of the molecule is CCn1c(CO)nc2ccc(OCc3ccccc3)cc21. The van der Waals surface area contributed by atoms with E-state index in [1.165, 1.54) is 0 Å². The van der Waals surface area contributed by atoms with Gasteiger partial charge in [-0.25, -0.2) is 4.98 Å². The maximum Gasteiger partial charge on any atom is 0.135 e. The third-order valence-corrected chi connectivity index (χ3v) is 3.50. The molecule has 1 N–H and O–H groups in total. The number of ether oxygens (including phenoxy) is 1. The third-order valence-electron chi connectivity index (χ3n) is 3.50. The molecule has 0 radical (unpaired) electrons. The first-order chi connectivity index (χ1) is 10.3. The van der Waals surface area contributed by atoms with Gasteiger partial charge in [0.2, 0.25) is 0 Å². The molecule has 108 valence electrons. The predicted octanol–water partition coefficient (Wildman–Crippen LogP) is 3.13. The van der Waals surface area contributed by atoms with E-state index in [0.29, 0.717) is 12.4 Å². The Kier molecular flexibility index (Phi) is 3.88. The second kappa shape index (κ2) is 5.97. The Morgan fingerprint density at radius 3 is 2.67 bits per heavy atom. The van der Waals surface area contributed by atoms with Crippen LogP contribution in [0.1, 0.15) is 18.3 Å². The van der Waals surface area contributed by atoms with Crippen LogP contribution in [0.15, 0.2) is 48.5 Å². The van der Waals surface area contributed by atoms with E-state index in [9.17, 15) is 5.11 Å². The highest BCUT2D eigenvalue weighted by molar-refractivity contribution is 5.77. The molecule has 0 amide bonds. The van der Waals surface area contributed by atoms with Crippen molar-refractivity contribution < 1.29 is 9.84 Å². The number of rotatable bonds is 5. The fourth-order valence-corrected chi connectivity index (χ4v) is 2.46. The van der Waals surface area contributed by atoms with Gasteiger partial charge < -0.3 is 14.4 Å². The quantitative estimate of drug-likeness (QED) is 0.782. The minimum Gasteiger partial charge on any atom is -0.489 e. The van der Waals surface area contributed by atoms with E-state index in [2.05, 4.69) is 4.98 Å². The maximum absolute atomic E-state index is 9.36. The fraction of sp³-hybridized carbons (Fsp3) is 0.235. The van der Waals surface area contributed by atoms with Crippen molar-refractivity contribution in [3.05, 3.63) is 59.9 Å². The number of aliphatic hydroxyl groups is 1. The summed E-state index contributed by atoms with van der Waals surface area (Å²) in [6.07, 6.45) is 0. The van der Waals surface area contributed by atoms with Crippen molar-refractivity contribution >= 4 is 11.0 Å². The Balaban J connectivity index is 1.86. The summed E-state index contributed by atoms with van der Waals surface area (Å²) < 4.78 is 7.84. The molecule has 1 aromatic heterocycles. The van der Waals surface area contributed by atoms with Crippen molar-refractivity contribution in [3.8, 4) is 5.75 Å². The molecule has 0 fully saturated rings. The topological polar surface area (TPSA) is 47.3 Å². The van der Waals surface area contributed by atoms with Crippen molar-refractivity contribution in [1.29, 1.82) is 0 Å². The molecule has 0 aliphatic rings. The largest absolute Gasteiger partial charge is 0.489 e. The zero-order valence-corrected chi connectivity index (χ0v) is 12.0. The molecule has 4 nitrogen and oxygen atoms in total. The highest BCUT2D eigenvalue weighted by Crippen LogP contribution is 2.23. The number of aryl methyl sites for hydroxylation is 1. The first-order valence-corrected chi connectivity index (χ1v) is 7.08. The molecule has 0 atom stereocenters. The maximum atomic E-state index is 9.36. The zero-order valence-electron chi connectivity index (χ0n) is 12.0. The summed E-state index contributed by atoms with van der Waals surface area (Å²) in [5.74, 6) is 1.50. The molecule has 21 heavy (non-hydrogen) atoms. The first kappa shape index (κ1) is 13.6. The lowest BCUT2D eigenvalue weighted by atomic mass is 10.2.